The third-order valence-corrected chi connectivity index (χ3v) is 7.61. The summed E-state index contributed by atoms with van der Waals surface area (Å²) >= 11 is 0. The quantitative estimate of drug-likeness (QED) is 0.194. The number of nitrogens with one attached hydrogen (secondary N) is 2. The number of amides is 2. The van der Waals surface area contributed by atoms with E-state index in [4.69, 9.17) is 9.84 Å². The molecule has 0 saturated carbocycles. The number of benzene rings is 3. The molecule has 0 fully saturated rings. The number of ether oxygens (including phenoxy) is 1. The highest BCUT2D eigenvalue weighted by atomic mass is 16.5. The lowest BCUT2D eigenvalue weighted by atomic mass is 9.98. The summed E-state index contributed by atoms with van der Waals surface area (Å²) in [5.74, 6) is -1.09. The van der Waals surface area contributed by atoms with E-state index >= 15 is 0 Å². The summed E-state index contributed by atoms with van der Waals surface area (Å²) in [6.45, 7) is 1.62. The van der Waals surface area contributed by atoms with E-state index in [2.05, 4.69) is 34.9 Å². The van der Waals surface area contributed by atoms with Crippen LogP contribution < -0.4 is 10.6 Å². The summed E-state index contributed by atoms with van der Waals surface area (Å²) in [5.41, 5.74) is 5.69. The Kier molecular flexibility index (Phi) is 11.5. The summed E-state index contributed by atoms with van der Waals surface area (Å²) in [6, 6.07) is 25.5. The maximum Gasteiger partial charge on any atom is 0.407 e. The van der Waals surface area contributed by atoms with Gasteiger partial charge >= 0.3 is 12.1 Å². The monoisotopic (exact) mass is 571 g/mol. The van der Waals surface area contributed by atoms with Crippen LogP contribution >= 0.6 is 0 Å². The molecule has 8 nitrogen and oxygen atoms in total. The zero-order chi connectivity index (χ0) is 29.7. The maximum atomic E-state index is 13.2. The van der Waals surface area contributed by atoms with Crippen LogP contribution in [-0.2, 0) is 20.9 Å². The molecule has 4 rings (SSSR count). The van der Waals surface area contributed by atoms with Gasteiger partial charge in [0, 0.05) is 32.0 Å². The van der Waals surface area contributed by atoms with E-state index in [1.54, 1.807) is 0 Å². The Hall–Kier alpha value is -4.17. The van der Waals surface area contributed by atoms with Crippen molar-refractivity contribution in [1.29, 1.82) is 0 Å². The minimum atomic E-state index is -0.787. The van der Waals surface area contributed by atoms with E-state index in [9.17, 15) is 14.4 Å². The lowest BCUT2D eigenvalue weighted by molar-refractivity contribution is -0.137. The van der Waals surface area contributed by atoms with Gasteiger partial charge in [0.15, 0.2) is 0 Å². The number of alkyl carbamates (subject to hydrolysis) is 1. The van der Waals surface area contributed by atoms with Crippen LogP contribution in [0.15, 0.2) is 78.9 Å². The molecular formula is C34H41N3O5. The van der Waals surface area contributed by atoms with Crippen LogP contribution in [0.2, 0.25) is 0 Å². The molecule has 0 heterocycles. The molecule has 0 spiro atoms. The SMILES string of the molecule is CN(Cc1ccccc1)CC(NC(=O)OCC1c2ccccc2-c2ccccc21)C(=O)NCCCCCCCC(=O)O. The third kappa shape index (κ3) is 8.91. The van der Waals surface area contributed by atoms with Crippen LogP contribution in [0, 0.1) is 0 Å². The molecule has 3 aromatic carbocycles. The Morgan fingerprint density at radius 2 is 1.43 bits per heavy atom. The highest BCUT2D eigenvalue weighted by Crippen LogP contribution is 2.44. The molecule has 3 aromatic rings. The van der Waals surface area contributed by atoms with Gasteiger partial charge in [0.05, 0.1) is 0 Å². The zero-order valence-corrected chi connectivity index (χ0v) is 24.3. The van der Waals surface area contributed by atoms with E-state index in [0.29, 0.717) is 26.1 Å². The number of fused-ring (bicyclic) bond motifs is 3. The molecule has 1 aliphatic carbocycles. The number of carboxylic acids is 1. The van der Waals surface area contributed by atoms with Gasteiger partial charge in [-0.05, 0) is 47.7 Å². The molecule has 1 unspecified atom stereocenters. The number of nitrogens with zero attached hydrogens (tertiary/aromatic N) is 1. The highest BCUT2D eigenvalue weighted by Gasteiger charge is 2.30. The summed E-state index contributed by atoms with van der Waals surface area (Å²) in [5, 5.41) is 14.5. The average molecular weight is 572 g/mol. The fourth-order valence-corrected chi connectivity index (χ4v) is 5.51. The van der Waals surface area contributed by atoms with Crippen molar-refractivity contribution in [2.24, 2.45) is 0 Å². The number of hydrogen-bond donors (Lipinski definition) is 3. The fourth-order valence-electron chi connectivity index (χ4n) is 5.51. The van der Waals surface area contributed by atoms with Crippen LogP contribution in [0.4, 0.5) is 4.79 Å². The first-order valence-corrected chi connectivity index (χ1v) is 14.8. The van der Waals surface area contributed by atoms with E-state index in [-0.39, 0.29) is 24.9 Å². The van der Waals surface area contributed by atoms with Crippen LogP contribution in [0.1, 0.15) is 61.1 Å². The normalized spacial score (nSPS) is 12.8. The van der Waals surface area contributed by atoms with Crippen LogP contribution in [0.3, 0.4) is 0 Å². The Morgan fingerprint density at radius 3 is 2.10 bits per heavy atom. The van der Waals surface area contributed by atoms with Crippen molar-refractivity contribution in [2.45, 2.75) is 57.0 Å². The third-order valence-electron chi connectivity index (χ3n) is 7.61. The van der Waals surface area contributed by atoms with E-state index in [1.165, 1.54) is 0 Å². The number of aliphatic carboxylic acids is 1. The standard InChI is InChI=1S/C34H41N3O5/c1-37(22-25-14-6-5-7-15-25)23-31(33(40)35-21-13-4-2-3-8-20-32(38)39)36-34(41)42-24-30-28-18-11-9-16-26(28)27-17-10-12-19-29(27)30/h5-7,9-12,14-19,30-31H,2-4,8,13,20-24H2,1H3,(H,35,40)(H,36,41)(H,38,39). The molecule has 222 valence electrons. The molecule has 0 saturated heterocycles. The fraction of sp³-hybridized carbons (Fsp3) is 0.382. The zero-order valence-electron chi connectivity index (χ0n) is 24.3. The lowest BCUT2D eigenvalue weighted by Gasteiger charge is -2.25. The molecule has 0 bridgehead atoms. The van der Waals surface area contributed by atoms with Gasteiger partial charge in [-0.25, -0.2) is 4.79 Å². The topological polar surface area (TPSA) is 108 Å². The summed E-state index contributed by atoms with van der Waals surface area (Å²) in [6.07, 6.45) is 3.71. The molecule has 8 heteroatoms. The summed E-state index contributed by atoms with van der Waals surface area (Å²) in [7, 11) is 1.92. The largest absolute Gasteiger partial charge is 0.481 e. The number of unbranched alkanes of at least 4 members (excludes halogenated alkanes) is 4. The molecule has 0 radical (unpaired) electrons. The van der Waals surface area contributed by atoms with Gasteiger partial charge in [-0.1, -0.05) is 98.1 Å². The van der Waals surface area contributed by atoms with Crippen LogP contribution in [0.25, 0.3) is 11.1 Å². The number of carbonyl (C=O) groups is 3. The van der Waals surface area contributed by atoms with Gasteiger partial charge in [-0.2, -0.15) is 0 Å². The first kappa shape index (κ1) is 30.8. The number of carbonyl (C=O) groups excluding carboxylic acids is 2. The molecule has 3 N–H and O–H groups in total. The number of rotatable bonds is 16. The molecular weight excluding hydrogens is 530 g/mol. The van der Waals surface area contributed by atoms with Crippen molar-refractivity contribution >= 4 is 18.0 Å². The first-order chi connectivity index (χ1) is 20.4. The first-order valence-electron chi connectivity index (χ1n) is 14.8. The second kappa shape index (κ2) is 15.7. The molecule has 0 aromatic heterocycles. The highest BCUT2D eigenvalue weighted by molar-refractivity contribution is 5.86. The van der Waals surface area contributed by atoms with Gasteiger partial charge in [0.1, 0.15) is 12.6 Å². The van der Waals surface area contributed by atoms with E-state index in [1.807, 2.05) is 66.5 Å². The van der Waals surface area contributed by atoms with Gasteiger partial charge in [-0.3, -0.25) is 14.5 Å². The van der Waals surface area contributed by atoms with Crippen molar-refractivity contribution in [3.8, 4) is 11.1 Å². The van der Waals surface area contributed by atoms with Crippen molar-refractivity contribution in [2.75, 3.05) is 26.7 Å². The molecule has 1 atom stereocenters. The van der Waals surface area contributed by atoms with E-state index in [0.717, 1.165) is 53.5 Å². The maximum absolute atomic E-state index is 13.2. The smallest absolute Gasteiger partial charge is 0.407 e. The van der Waals surface area contributed by atoms with Crippen molar-refractivity contribution < 1.29 is 24.2 Å². The number of likely N-dealkylation sites (N-methyl/N-ethyl adjacent to an activating group) is 1. The molecule has 0 aliphatic heterocycles. The molecule has 2 amide bonds. The predicted molar refractivity (Wildman–Crippen MR) is 163 cm³/mol. The van der Waals surface area contributed by atoms with Crippen LogP contribution in [-0.4, -0.2) is 60.8 Å². The Bertz CT molecular complexity index is 1280. The number of carboxylic acid groups (broad SMARTS) is 1. The van der Waals surface area contributed by atoms with Gasteiger partial charge < -0.3 is 20.5 Å². The van der Waals surface area contributed by atoms with Crippen molar-refractivity contribution in [3.63, 3.8) is 0 Å². The van der Waals surface area contributed by atoms with Gasteiger partial charge in [0.2, 0.25) is 5.91 Å². The van der Waals surface area contributed by atoms with Crippen molar-refractivity contribution in [3.05, 3.63) is 95.6 Å². The lowest BCUT2D eigenvalue weighted by Crippen LogP contribution is -2.52. The minimum Gasteiger partial charge on any atom is -0.481 e. The Balaban J connectivity index is 1.32. The predicted octanol–water partition coefficient (Wildman–Crippen LogP) is 5.57. The molecule has 42 heavy (non-hydrogen) atoms. The second-order valence-corrected chi connectivity index (χ2v) is 10.9. The van der Waals surface area contributed by atoms with E-state index < -0.39 is 18.1 Å². The molecule has 1 aliphatic rings. The van der Waals surface area contributed by atoms with Gasteiger partial charge in [-0.15, -0.1) is 0 Å². The summed E-state index contributed by atoms with van der Waals surface area (Å²) in [4.78, 5) is 38.9. The Labute approximate surface area is 248 Å². The summed E-state index contributed by atoms with van der Waals surface area (Å²) < 4.78 is 5.73. The van der Waals surface area contributed by atoms with Crippen LogP contribution in [0.5, 0.6) is 0 Å². The minimum absolute atomic E-state index is 0.0633. The second-order valence-electron chi connectivity index (χ2n) is 10.9. The van der Waals surface area contributed by atoms with Gasteiger partial charge in [0.25, 0.3) is 0 Å². The average Bonchev–Trinajstić information content (AvgIpc) is 3.31. The Morgan fingerprint density at radius 1 is 0.833 bits per heavy atom. The number of hydrogen-bond acceptors (Lipinski definition) is 5. The van der Waals surface area contributed by atoms with Crippen molar-refractivity contribution in [1.82, 2.24) is 15.5 Å².